The van der Waals surface area contributed by atoms with Gasteiger partial charge in [-0.25, -0.2) is 14.2 Å². The minimum Gasteiger partial charge on any atom is -0.478 e. The molecule has 0 fully saturated rings. The first-order chi connectivity index (χ1) is 14.5. The van der Waals surface area contributed by atoms with Gasteiger partial charge in [0.2, 0.25) is 0 Å². The Labute approximate surface area is 171 Å². The van der Waals surface area contributed by atoms with Crippen LogP contribution in [0.15, 0.2) is 72.9 Å². The van der Waals surface area contributed by atoms with Crippen LogP contribution in [0.5, 0.6) is 0 Å². The third-order valence-corrected chi connectivity index (χ3v) is 5.20. The van der Waals surface area contributed by atoms with Crippen molar-refractivity contribution in [3.8, 4) is 16.8 Å². The van der Waals surface area contributed by atoms with Crippen molar-refractivity contribution in [3.63, 3.8) is 0 Å². The van der Waals surface area contributed by atoms with Gasteiger partial charge >= 0.3 is 5.97 Å². The number of rotatable bonds is 3. The molecule has 5 nitrogen and oxygen atoms in total. The van der Waals surface area contributed by atoms with Crippen LogP contribution >= 0.6 is 0 Å². The quantitative estimate of drug-likeness (QED) is 0.443. The van der Waals surface area contributed by atoms with E-state index in [2.05, 4.69) is 9.97 Å². The van der Waals surface area contributed by atoms with E-state index >= 15 is 0 Å². The van der Waals surface area contributed by atoms with Crippen LogP contribution in [0.2, 0.25) is 0 Å². The van der Waals surface area contributed by atoms with Gasteiger partial charge in [-0.3, -0.25) is 9.55 Å². The van der Waals surface area contributed by atoms with E-state index in [-0.39, 0.29) is 11.4 Å². The molecule has 1 N–H and O–H groups in total. The van der Waals surface area contributed by atoms with E-state index in [1.165, 1.54) is 12.1 Å². The van der Waals surface area contributed by atoms with Gasteiger partial charge in [0.25, 0.3) is 0 Å². The third kappa shape index (κ3) is 2.90. The molecule has 30 heavy (non-hydrogen) atoms. The monoisotopic (exact) mass is 397 g/mol. The molecular weight excluding hydrogens is 381 g/mol. The molecular formula is C24H16FN3O2. The first-order valence-corrected chi connectivity index (χ1v) is 9.39. The van der Waals surface area contributed by atoms with E-state index in [1.807, 2.05) is 29.7 Å². The Morgan fingerprint density at radius 1 is 0.933 bits per heavy atom. The summed E-state index contributed by atoms with van der Waals surface area (Å²) in [6.45, 7) is 1.91. The van der Waals surface area contributed by atoms with Crippen LogP contribution in [0.1, 0.15) is 16.2 Å². The lowest BCUT2D eigenvalue weighted by atomic mass is 10.0. The van der Waals surface area contributed by atoms with Gasteiger partial charge in [0.05, 0.1) is 22.8 Å². The largest absolute Gasteiger partial charge is 0.478 e. The maximum absolute atomic E-state index is 13.4. The van der Waals surface area contributed by atoms with Gasteiger partial charge < -0.3 is 5.11 Å². The highest BCUT2D eigenvalue weighted by Crippen LogP contribution is 2.31. The van der Waals surface area contributed by atoms with Crippen LogP contribution < -0.4 is 0 Å². The first-order valence-electron chi connectivity index (χ1n) is 9.39. The Morgan fingerprint density at radius 2 is 1.63 bits per heavy atom. The number of hydrogen-bond acceptors (Lipinski definition) is 3. The molecule has 0 radical (unpaired) electrons. The molecule has 0 aliphatic carbocycles. The summed E-state index contributed by atoms with van der Waals surface area (Å²) in [5.74, 6) is -0.466. The Kier molecular flexibility index (Phi) is 4.06. The average molecular weight is 397 g/mol. The van der Waals surface area contributed by atoms with Crippen molar-refractivity contribution >= 4 is 27.9 Å². The number of carboxylic acid groups (broad SMARTS) is 1. The van der Waals surface area contributed by atoms with E-state index in [0.29, 0.717) is 0 Å². The van der Waals surface area contributed by atoms with E-state index in [4.69, 9.17) is 5.11 Å². The van der Waals surface area contributed by atoms with E-state index in [9.17, 15) is 9.18 Å². The van der Waals surface area contributed by atoms with Crippen molar-refractivity contribution in [2.45, 2.75) is 6.92 Å². The standard InChI is InChI=1S/C24H16FN3O2/c1-14-27-22-13-26-21-11-6-17(15-2-4-16(5-3-15)24(29)30)12-20(21)23(22)28(14)19-9-7-18(25)8-10-19/h2-13H,1H3,(H,29,30). The first kappa shape index (κ1) is 18.0. The number of carbonyl (C=O) groups is 1. The normalized spacial score (nSPS) is 11.3. The van der Waals surface area contributed by atoms with Gasteiger partial charge in [-0.2, -0.15) is 0 Å². The van der Waals surface area contributed by atoms with Crippen molar-refractivity contribution in [1.29, 1.82) is 0 Å². The summed E-state index contributed by atoms with van der Waals surface area (Å²) in [5, 5.41) is 10.0. The number of carboxylic acids is 1. The Bertz CT molecular complexity index is 1420. The number of halogens is 1. The molecule has 0 aliphatic rings. The van der Waals surface area contributed by atoms with Crippen molar-refractivity contribution < 1.29 is 14.3 Å². The second kappa shape index (κ2) is 6.77. The van der Waals surface area contributed by atoms with Crippen LogP contribution in [0, 0.1) is 12.7 Å². The molecule has 0 saturated carbocycles. The Hall–Kier alpha value is -4.06. The van der Waals surface area contributed by atoms with Gasteiger partial charge in [0.15, 0.2) is 0 Å². The maximum Gasteiger partial charge on any atom is 0.335 e. The molecule has 0 atom stereocenters. The highest BCUT2D eigenvalue weighted by Gasteiger charge is 2.14. The molecule has 0 saturated heterocycles. The molecule has 0 spiro atoms. The SMILES string of the molecule is Cc1nc2cnc3ccc(-c4ccc(C(=O)O)cc4)cc3c2n1-c1ccc(F)cc1. The highest BCUT2D eigenvalue weighted by atomic mass is 19.1. The van der Waals surface area contributed by atoms with Gasteiger partial charge in [-0.15, -0.1) is 0 Å². The molecule has 0 amide bonds. The average Bonchev–Trinajstić information content (AvgIpc) is 3.10. The second-order valence-corrected chi connectivity index (χ2v) is 7.08. The molecule has 0 bridgehead atoms. The fourth-order valence-electron chi connectivity index (χ4n) is 3.76. The number of benzene rings is 3. The van der Waals surface area contributed by atoms with E-state index < -0.39 is 5.97 Å². The molecule has 0 unspecified atom stereocenters. The zero-order valence-corrected chi connectivity index (χ0v) is 16.0. The molecule has 0 aliphatic heterocycles. The molecule has 146 valence electrons. The van der Waals surface area contributed by atoms with E-state index in [1.54, 1.807) is 42.6 Å². The Balaban J connectivity index is 1.75. The number of nitrogens with zero attached hydrogens (tertiary/aromatic N) is 3. The maximum atomic E-state index is 13.4. The summed E-state index contributed by atoms with van der Waals surface area (Å²) < 4.78 is 15.4. The molecule has 5 rings (SSSR count). The summed E-state index contributed by atoms with van der Waals surface area (Å²) in [6.07, 6.45) is 1.74. The summed E-state index contributed by atoms with van der Waals surface area (Å²) in [5.41, 5.74) is 5.38. The predicted molar refractivity (Wildman–Crippen MR) is 113 cm³/mol. The van der Waals surface area contributed by atoms with Gasteiger partial charge in [-0.1, -0.05) is 18.2 Å². The van der Waals surface area contributed by atoms with Crippen LogP contribution in [-0.2, 0) is 0 Å². The van der Waals surface area contributed by atoms with E-state index in [0.717, 1.165) is 44.6 Å². The zero-order chi connectivity index (χ0) is 20.8. The minimum atomic E-state index is -0.954. The minimum absolute atomic E-state index is 0.244. The highest BCUT2D eigenvalue weighted by molar-refractivity contribution is 6.04. The topological polar surface area (TPSA) is 68.0 Å². The van der Waals surface area contributed by atoms with Crippen LogP contribution in [0.3, 0.4) is 0 Å². The number of aromatic carboxylic acids is 1. The Morgan fingerprint density at radius 3 is 2.33 bits per heavy atom. The number of imidazole rings is 1. The summed E-state index contributed by atoms with van der Waals surface area (Å²) in [4.78, 5) is 20.3. The lowest BCUT2D eigenvalue weighted by molar-refractivity contribution is 0.0697. The van der Waals surface area contributed by atoms with Crippen LogP contribution in [0.25, 0.3) is 38.8 Å². The van der Waals surface area contributed by atoms with Crippen molar-refractivity contribution in [2.24, 2.45) is 0 Å². The summed E-state index contributed by atoms with van der Waals surface area (Å²) >= 11 is 0. The van der Waals surface area contributed by atoms with Crippen molar-refractivity contribution in [3.05, 3.63) is 90.1 Å². The number of hydrogen-bond donors (Lipinski definition) is 1. The summed E-state index contributed by atoms with van der Waals surface area (Å²) in [6, 6.07) is 19.0. The zero-order valence-electron chi connectivity index (χ0n) is 16.0. The van der Waals surface area contributed by atoms with Gasteiger partial charge in [0.1, 0.15) is 17.2 Å². The summed E-state index contributed by atoms with van der Waals surface area (Å²) in [7, 11) is 0. The van der Waals surface area contributed by atoms with Gasteiger partial charge in [0, 0.05) is 11.1 Å². The van der Waals surface area contributed by atoms with Crippen LogP contribution in [0.4, 0.5) is 4.39 Å². The lowest BCUT2D eigenvalue weighted by Gasteiger charge is -2.10. The van der Waals surface area contributed by atoms with Crippen molar-refractivity contribution in [1.82, 2.24) is 14.5 Å². The van der Waals surface area contributed by atoms with Crippen molar-refractivity contribution in [2.75, 3.05) is 0 Å². The number of aryl methyl sites for hydroxylation is 1. The molecule has 3 aromatic carbocycles. The van der Waals surface area contributed by atoms with Crippen LogP contribution in [-0.4, -0.2) is 25.6 Å². The molecule has 2 aromatic heterocycles. The fraction of sp³-hybridized carbons (Fsp3) is 0.0417. The number of pyridine rings is 1. The molecule has 5 aromatic rings. The smallest absolute Gasteiger partial charge is 0.335 e. The third-order valence-electron chi connectivity index (χ3n) is 5.20. The predicted octanol–water partition coefficient (Wildman–Crippen LogP) is 5.39. The molecule has 6 heteroatoms. The fourth-order valence-corrected chi connectivity index (χ4v) is 3.76. The second-order valence-electron chi connectivity index (χ2n) is 7.08. The molecule has 2 heterocycles. The number of fused-ring (bicyclic) bond motifs is 3. The lowest BCUT2D eigenvalue weighted by Crippen LogP contribution is -1.98. The number of aromatic nitrogens is 3. The van der Waals surface area contributed by atoms with Gasteiger partial charge in [-0.05, 0) is 66.6 Å².